The SMILES string of the molecule is CCCc1cc(Nc2ncc(C)s2)nc(C2CCN(C(=O)CC3CCCCC3)CC2)n1. The van der Waals surface area contributed by atoms with E-state index in [9.17, 15) is 4.79 Å². The van der Waals surface area contributed by atoms with Crippen molar-refractivity contribution in [2.75, 3.05) is 18.4 Å². The van der Waals surface area contributed by atoms with Crippen molar-refractivity contribution in [1.82, 2.24) is 19.9 Å². The molecule has 0 unspecified atom stereocenters. The van der Waals surface area contributed by atoms with Crippen molar-refractivity contribution >= 4 is 28.2 Å². The third-order valence-electron chi connectivity index (χ3n) is 6.56. The highest BCUT2D eigenvalue weighted by atomic mass is 32.1. The number of nitrogens with one attached hydrogen (secondary N) is 1. The van der Waals surface area contributed by atoms with Crippen LogP contribution in [0.5, 0.6) is 0 Å². The first-order valence-electron chi connectivity index (χ1n) is 12.0. The van der Waals surface area contributed by atoms with Gasteiger partial charge in [0.2, 0.25) is 5.91 Å². The van der Waals surface area contributed by atoms with E-state index in [4.69, 9.17) is 9.97 Å². The standard InChI is InChI=1S/C24H35N5OS/c1-3-7-20-15-21(28-24-25-16-17(2)31-24)27-23(26-20)19-10-12-29(13-11-19)22(30)14-18-8-5-4-6-9-18/h15-16,18-19H,3-14H2,1-2H3,(H,25,26,27,28). The van der Waals surface area contributed by atoms with Crippen molar-refractivity contribution in [3.8, 4) is 0 Å². The lowest BCUT2D eigenvalue weighted by Crippen LogP contribution is -2.39. The second-order valence-corrected chi connectivity index (χ2v) is 10.4. The summed E-state index contributed by atoms with van der Waals surface area (Å²) >= 11 is 1.63. The number of nitrogens with zero attached hydrogens (tertiary/aromatic N) is 4. The second-order valence-electron chi connectivity index (χ2n) is 9.12. The number of carbonyl (C=O) groups excluding carboxylic acids is 1. The Labute approximate surface area is 189 Å². The van der Waals surface area contributed by atoms with Gasteiger partial charge >= 0.3 is 0 Å². The molecule has 1 saturated carbocycles. The average molecular weight is 442 g/mol. The summed E-state index contributed by atoms with van der Waals surface area (Å²) < 4.78 is 0. The van der Waals surface area contributed by atoms with E-state index in [1.807, 2.05) is 12.3 Å². The topological polar surface area (TPSA) is 71.0 Å². The van der Waals surface area contributed by atoms with E-state index in [-0.39, 0.29) is 0 Å². The highest BCUT2D eigenvalue weighted by molar-refractivity contribution is 7.15. The molecule has 0 radical (unpaired) electrons. The van der Waals surface area contributed by atoms with E-state index in [2.05, 4.69) is 29.0 Å². The molecule has 1 N–H and O–H groups in total. The molecule has 2 aromatic rings. The van der Waals surface area contributed by atoms with Crippen LogP contribution in [0, 0.1) is 12.8 Å². The Hall–Kier alpha value is -2.02. The van der Waals surface area contributed by atoms with Gasteiger partial charge in [-0.05, 0) is 44.9 Å². The lowest BCUT2D eigenvalue weighted by molar-refractivity contribution is -0.133. The molecule has 2 aliphatic rings. The predicted octanol–water partition coefficient (Wildman–Crippen LogP) is 5.61. The minimum Gasteiger partial charge on any atom is -0.343 e. The van der Waals surface area contributed by atoms with Crippen molar-refractivity contribution < 1.29 is 4.79 Å². The Morgan fingerprint density at radius 1 is 1.16 bits per heavy atom. The third-order valence-corrected chi connectivity index (χ3v) is 7.39. The van der Waals surface area contributed by atoms with Crippen LogP contribution in [0.1, 0.15) is 87.0 Å². The molecular weight excluding hydrogens is 406 g/mol. The zero-order valence-corrected chi connectivity index (χ0v) is 19.7. The Morgan fingerprint density at radius 2 is 1.94 bits per heavy atom. The number of aryl methyl sites for hydroxylation is 2. The van der Waals surface area contributed by atoms with Crippen molar-refractivity contribution in [3.05, 3.63) is 28.7 Å². The highest BCUT2D eigenvalue weighted by Crippen LogP contribution is 2.31. The summed E-state index contributed by atoms with van der Waals surface area (Å²) in [5.41, 5.74) is 1.08. The van der Waals surface area contributed by atoms with Crippen LogP contribution in [0.2, 0.25) is 0 Å². The number of amides is 1. The summed E-state index contributed by atoms with van der Waals surface area (Å²) in [6.45, 7) is 5.88. The summed E-state index contributed by atoms with van der Waals surface area (Å²) in [5, 5.41) is 4.24. The molecule has 4 rings (SSSR count). The largest absolute Gasteiger partial charge is 0.343 e. The fraction of sp³-hybridized carbons (Fsp3) is 0.667. The zero-order valence-electron chi connectivity index (χ0n) is 18.9. The third kappa shape index (κ3) is 6.03. The predicted molar refractivity (Wildman–Crippen MR) is 126 cm³/mol. The summed E-state index contributed by atoms with van der Waals surface area (Å²) in [6.07, 6.45) is 12.9. The maximum atomic E-state index is 12.8. The fourth-order valence-corrected chi connectivity index (χ4v) is 5.50. The van der Waals surface area contributed by atoms with E-state index in [0.29, 0.717) is 17.7 Å². The minimum atomic E-state index is 0.314. The Kier molecular flexibility index (Phi) is 7.54. The van der Waals surface area contributed by atoms with Gasteiger partial charge in [0.15, 0.2) is 5.13 Å². The molecule has 0 spiro atoms. The number of hydrogen-bond donors (Lipinski definition) is 1. The van der Waals surface area contributed by atoms with Crippen LogP contribution in [0.15, 0.2) is 12.3 Å². The Morgan fingerprint density at radius 3 is 2.61 bits per heavy atom. The summed E-state index contributed by atoms with van der Waals surface area (Å²) in [5.74, 6) is 3.03. The molecule has 0 atom stereocenters. The van der Waals surface area contributed by atoms with E-state index in [0.717, 1.165) is 67.7 Å². The van der Waals surface area contributed by atoms with Crippen LogP contribution >= 0.6 is 11.3 Å². The monoisotopic (exact) mass is 441 g/mol. The number of piperidine rings is 1. The minimum absolute atomic E-state index is 0.314. The Balaban J connectivity index is 1.39. The number of thiazole rings is 1. The van der Waals surface area contributed by atoms with Gasteiger partial charge in [-0.25, -0.2) is 15.0 Å². The molecule has 31 heavy (non-hydrogen) atoms. The van der Waals surface area contributed by atoms with Gasteiger partial charge in [-0.1, -0.05) is 32.6 Å². The molecule has 1 aliphatic heterocycles. The van der Waals surface area contributed by atoms with Gasteiger partial charge in [-0.15, -0.1) is 11.3 Å². The summed E-state index contributed by atoms with van der Waals surface area (Å²) in [7, 11) is 0. The molecule has 0 aromatic carbocycles. The molecule has 1 aliphatic carbocycles. The summed E-state index contributed by atoms with van der Waals surface area (Å²) in [4.78, 5) is 30.2. The first-order chi connectivity index (χ1) is 15.1. The van der Waals surface area contributed by atoms with Gasteiger partial charge in [-0.3, -0.25) is 4.79 Å². The van der Waals surface area contributed by atoms with Crippen LogP contribution in [0.3, 0.4) is 0 Å². The van der Waals surface area contributed by atoms with Crippen molar-refractivity contribution in [3.63, 3.8) is 0 Å². The van der Waals surface area contributed by atoms with Gasteiger partial charge in [0.05, 0.1) is 0 Å². The number of likely N-dealkylation sites (tertiary alicyclic amines) is 1. The molecule has 6 nitrogen and oxygen atoms in total. The molecule has 1 amide bonds. The van der Waals surface area contributed by atoms with Gasteiger partial charge < -0.3 is 10.2 Å². The molecule has 0 bridgehead atoms. The number of rotatable bonds is 7. The van der Waals surface area contributed by atoms with E-state index in [1.165, 1.54) is 37.0 Å². The first-order valence-corrected chi connectivity index (χ1v) is 12.8. The van der Waals surface area contributed by atoms with Crippen molar-refractivity contribution in [2.45, 2.75) is 84.0 Å². The van der Waals surface area contributed by atoms with Crippen LogP contribution < -0.4 is 5.32 Å². The zero-order chi connectivity index (χ0) is 21.6. The fourth-order valence-electron chi connectivity index (χ4n) is 4.83. The molecule has 2 aromatic heterocycles. The van der Waals surface area contributed by atoms with Gasteiger partial charge in [0, 0.05) is 48.3 Å². The molecule has 2 fully saturated rings. The molecule has 3 heterocycles. The number of anilines is 2. The maximum Gasteiger partial charge on any atom is 0.222 e. The number of hydrogen-bond acceptors (Lipinski definition) is 6. The van der Waals surface area contributed by atoms with Crippen LogP contribution in [-0.4, -0.2) is 38.8 Å². The van der Waals surface area contributed by atoms with Gasteiger partial charge in [0.1, 0.15) is 11.6 Å². The number of carbonyl (C=O) groups is 1. The lowest BCUT2D eigenvalue weighted by Gasteiger charge is -2.33. The van der Waals surface area contributed by atoms with Crippen LogP contribution in [0.25, 0.3) is 0 Å². The normalized spacial score (nSPS) is 18.3. The molecule has 1 saturated heterocycles. The Bertz CT molecular complexity index is 869. The smallest absolute Gasteiger partial charge is 0.222 e. The quantitative estimate of drug-likeness (QED) is 0.604. The number of aromatic nitrogens is 3. The molecular formula is C24H35N5OS. The lowest BCUT2D eigenvalue weighted by atomic mass is 9.86. The van der Waals surface area contributed by atoms with Gasteiger partial charge in [0.25, 0.3) is 0 Å². The average Bonchev–Trinajstić information content (AvgIpc) is 3.19. The van der Waals surface area contributed by atoms with Crippen LogP contribution in [-0.2, 0) is 11.2 Å². The van der Waals surface area contributed by atoms with Crippen molar-refractivity contribution in [1.29, 1.82) is 0 Å². The second kappa shape index (κ2) is 10.5. The molecule has 168 valence electrons. The van der Waals surface area contributed by atoms with Crippen LogP contribution in [0.4, 0.5) is 10.9 Å². The van der Waals surface area contributed by atoms with Crippen molar-refractivity contribution in [2.24, 2.45) is 5.92 Å². The summed E-state index contributed by atoms with van der Waals surface area (Å²) in [6, 6.07) is 2.05. The maximum absolute atomic E-state index is 12.8. The van der Waals surface area contributed by atoms with E-state index in [1.54, 1.807) is 11.3 Å². The first kappa shape index (κ1) is 22.2. The molecule has 7 heteroatoms. The van der Waals surface area contributed by atoms with Gasteiger partial charge in [-0.2, -0.15) is 0 Å². The van der Waals surface area contributed by atoms with E-state index < -0.39 is 0 Å². The van der Waals surface area contributed by atoms with E-state index >= 15 is 0 Å². The highest BCUT2D eigenvalue weighted by Gasteiger charge is 2.28.